The Morgan fingerprint density at radius 2 is 1.93 bits per heavy atom. The number of hydrogen-bond donors (Lipinski definition) is 2. The van der Waals surface area contributed by atoms with Crippen LogP contribution in [0.1, 0.15) is 5.76 Å². The molecule has 3 aromatic rings. The van der Waals surface area contributed by atoms with Gasteiger partial charge < -0.3 is 20.2 Å². The first-order valence-corrected chi connectivity index (χ1v) is 8.59. The quantitative estimate of drug-likeness (QED) is 0.539. The van der Waals surface area contributed by atoms with Gasteiger partial charge in [0.05, 0.1) is 12.0 Å². The summed E-state index contributed by atoms with van der Waals surface area (Å²) in [6.07, 6.45) is 2.98. The molecule has 1 aliphatic heterocycles. The zero-order valence-electron chi connectivity index (χ0n) is 14.8. The highest BCUT2D eigenvalue weighted by molar-refractivity contribution is 6.13. The Labute approximate surface area is 161 Å². The second kappa shape index (κ2) is 7.32. The van der Waals surface area contributed by atoms with Gasteiger partial charge in [-0.1, -0.05) is 18.2 Å². The summed E-state index contributed by atoms with van der Waals surface area (Å²) in [6, 6.07) is 17.4. The molecule has 2 aromatic carbocycles. The molecule has 0 bridgehead atoms. The van der Waals surface area contributed by atoms with Crippen molar-refractivity contribution in [2.24, 2.45) is 0 Å². The molecule has 28 heavy (non-hydrogen) atoms. The Kier molecular flexibility index (Phi) is 4.55. The summed E-state index contributed by atoms with van der Waals surface area (Å²) in [5, 5.41) is 2.78. The van der Waals surface area contributed by atoms with Gasteiger partial charge in [0.2, 0.25) is 5.91 Å². The second-order valence-corrected chi connectivity index (χ2v) is 6.16. The third-order valence-electron chi connectivity index (χ3n) is 4.13. The Hall–Kier alpha value is -4.00. The molecule has 0 atom stereocenters. The van der Waals surface area contributed by atoms with Gasteiger partial charge in [-0.2, -0.15) is 0 Å². The molecular weight excluding hydrogens is 358 g/mol. The summed E-state index contributed by atoms with van der Waals surface area (Å²) in [4.78, 5) is 26.8. The predicted octanol–water partition coefficient (Wildman–Crippen LogP) is 3.27. The minimum absolute atomic E-state index is 0.0422. The van der Waals surface area contributed by atoms with Crippen molar-refractivity contribution in [3.63, 3.8) is 0 Å². The van der Waals surface area contributed by atoms with E-state index in [4.69, 9.17) is 14.9 Å². The number of nitrogens with one attached hydrogen (secondary N) is 1. The van der Waals surface area contributed by atoms with Crippen LogP contribution in [0.15, 0.2) is 77.1 Å². The van der Waals surface area contributed by atoms with Crippen LogP contribution in [-0.4, -0.2) is 18.4 Å². The summed E-state index contributed by atoms with van der Waals surface area (Å²) in [7, 11) is 0. The largest absolute Gasteiger partial charge is 0.465 e. The van der Waals surface area contributed by atoms with Crippen LogP contribution in [0.4, 0.5) is 17.1 Å². The molecule has 4 rings (SSSR count). The summed E-state index contributed by atoms with van der Waals surface area (Å²) in [5.74, 6) is 0.119. The minimum Gasteiger partial charge on any atom is -0.465 e. The van der Waals surface area contributed by atoms with Gasteiger partial charge in [-0.15, -0.1) is 0 Å². The molecule has 7 nitrogen and oxygen atoms in total. The Morgan fingerprint density at radius 1 is 1.11 bits per heavy atom. The van der Waals surface area contributed by atoms with Crippen molar-refractivity contribution in [2.45, 2.75) is 0 Å². The van der Waals surface area contributed by atoms with Crippen molar-refractivity contribution < 1.29 is 18.7 Å². The first kappa shape index (κ1) is 17.4. The number of ether oxygens (including phenoxy) is 1. The number of para-hydroxylation sites is 1. The Bertz CT molecular complexity index is 1040. The van der Waals surface area contributed by atoms with Crippen LogP contribution in [0.3, 0.4) is 0 Å². The Morgan fingerprint density at radius 3 is 2.68 bits per heavy atom. The Balaban J connectivity index is 1.64. The summed E-state index contributed by atoms with van der Waals surface area (Å²) in [6.45, 7) is -0.177. The number of nitrogens with two attached hydrogens (primary N) is 1. The topological polar surface area (TPSA) is 97.8 Å². The van der Waals surface area contributed by atoms with Crippen LogP contribution in [-0.2, 0) is 9.59 Å². The lowest BCUT2D eigenvalue weighted by Gasteiger charge is -2.30. The number of fused-ring (bicyclic) bond motifs is 1. The van der Waals surface area contributed by atoms with Crippen molar-refractivity contribution in [2.75, 3.05) is 22.5 Å². The van der Waals surface area contributed by atoms with Gasteiger partial charge >= 0.3 is 0 Å². The average molecular weight is 375 g/mol. The van der Waals surface area contributed by atoms with Crippen LogP contribution in [0.5, 0.6) is 5.75 Å². The number of nitrogens with zero attached hydrogens (tertiary/aromatic N) is 1. The first-order chi connectivity index (χ1) is 13.6. The van der Waals surface area contributed by atoms with Gasteiger partial charge in [-0.3, -0.25) is 14.5 Å². The van der Waals surface area contributed by atoms with Crippen LogP contribution in [0.2, 0.25) is 0 Å². The second-order valence-electron chi connectivity index (χ2n) is 6.16. The number of hydrogen-bond acceptors (Lipinski definition) is 5. The van der Waals surface area contributed by atoms with E-state index in [1.54, 1.807) is 42.5 Å². The molecule has 140 valence electrons. The standard InChI is InChI=1S/C21H17N3O4/c22-14-8-9-17-18(11-14)28-19(12-16-7-4-10-27-16)21(26)24(17)13-20(25)23-15-5-2-1-3-6-15/h1-12H,13,22H2,(H,23,25)/b19-12+. The maximum atomic E-state index is 13.0. The van der Waals surface area contributed by atoms with Crippen LogP contribution in [0.25, 0.3) is 6.08 Å². The number of carbonyl (C=O) groups is 2. The fraction of sp³-hybridized carbons (Fsp3) is 0.0476. The summed E-state index contributed by atoms with van der Waals surface area (Å²) in [5.41, 5.74) is 7.45. The van der Waals surface area contributed by atoms with Crippen molar-refractivity contribution >= 4 is 35.0 Å². The number of nitrogen functional groups attached to an aromatic ring is 1. The maximum absolute atomic E-state index is 13.0. The molecule has 0 radical (unpaired) electrons. The molecule has 0 spiro atoms. The molecule has 7 heteroatoms. The molecule has 1 aromatic heterocycles. The van der Waals surface area contributed by atoms with E-state index in [1.807, 2.05) is 18.2 Å². The number of anilines is 3. The number of amides is 2. The van der Waals surface area contributed by atoms with Crippen LogP contribution >= 0.6 is 0 Å². The SMILES string of the molecule is Nc1ccc2c(c1)O/C(=C/c1ccco1)C(=O)N2CC(=O)Nc1ccccc1. The van der Waals surface area contributed by atoms with E-state index < -0.39 is 5.91 Å². The predicted molar refractivity (Wildman–Crippen MR) is 106 cm³/mol. The van der Waals surface area contributed by atoms with E-state index in [0.717, 1.165) is 0 Å². The zero-order chi connectivity index (χ0) is 19.5. The molecule has 0 saturated heterocycles. The van der Waals surface area contributed by atoms with Crippen LogP contribution < -0.4 is 20.7 Å². The normalized spacial score (nSPS) is 14.5. The van der Waals surface area contributed by atoms with E-state index in [9.17, 15) is 9.59 Å². The van der Waals surface area contributed by atoms with Gasteiger partial charge in [-0.05, 0) is 36.4 Å². The van der Waals surface area contributed by atoms with Gasteiger partial charge in [0, 0.05) is 23.5 Å². The minimum atomic E-state index is -0.447. The number of benzene rings is 2. The number of rotatable bonds is 4. The van der Waals surface area contributed by atoms with E-state index in [0.29, 0.717) is 28.6 Å². The van der Waals surface area contributed by atoms with Gasteiger partial charge in [-0.25, -0.2) is 0 Å². The van der Waals surface area contributed by atoms with Crippen molar-refractivity contribution in [3.05, 3.63) is 78.4 Å². The lowest BCUT2D eigenvalue weighted by molar-refractivity contribution is -0.121. The molecular formula is C21H17N3O4. The van der Waals surface area contributed by atoms with Gasteiger partial charge in [0.15, 0.2) is 11.5 Å². The highest BCUT2D eigenvalue weighted by atomic mass is 16.5. The fourth-order valence-electron chi connectivity index (χ4n) is 2.86. The summed E-state index contributed by atoms with van der Waals surface area (Å²) < 4.78 is 11.0. The van der Waals surface area contributed by atoms with Gasteiger partial charge in [0.1, 0.15) is 12.3 Å². The monoisotopic (exact) mass is 375 g/mol. The smallest absolute Gasteiger partial charge is 0.294 e. The summed E-state index contributed by atoms with van der Waals surface area (Å²) >= 11 is 0. The molecule has 3 N–H and O–H groups in total. The van der Waals surface area contributed by atoms with Gasteiger partial charge in [0.25, 0.3) is 5.91 Å². The molecule has 0 unspecified atom stereocenters. The highest BCUT2D eigenvalue weighted by Crippen LogP contribution is 2.37. The molecule has 0 fully saturated rings. The molecule has 2 heterocycles. The molecule has 0 saturated carbocycles. The third-order valence-corrected chi connectivity index (χ3v) is 4.13. The lowest BCUT2D eigenvalue weighted by atomic mass is 10.2. The zero-order valence-corrected chi connectivity index (χ0v) is 14.8. The van der Waals surface area contributed by atoms with E-state index in [-0.39, 0.29) is 18.2 Å². The van der Waals surface area contributed by atoms with Crippen molar-refractivity contribution in [1.82, 2.24) is 0 Å². The third kappa shape index (κ3) is 3.59. The highest BCUT2D eigenvalue weighted by Gasteiger charge is 2.32. The van der Waals surface area contributed by atoms with E-state index in [2.05, 4.69) is 5.32 Å². The number of furan rings is 1. The van der Waals surface area contributed by atoms with Crippen molar-refractivity contribution in [1.29, 1.82) is 0 Å². The molecule has 2 amide bonds. The first-order valence-electron chi connectivity index (χ1n) is 8.59. The maximum Gasteiger partial charge on any atom is 0.294 e. The van der Waals surface area contributed by atoms with E-state index >= 15 is 0 Å². The van der Waals surface area contributed by atoms with E-state index in [1.165, 1.54) is 17.2 Å². The molecule has 0 aliphatic carbocycles. The van der Waals surface area contributed by atoms with Crippen molar-refractivity contribution in [3.8, 4) is 5.75 Å². The fourth-order valence-corrected chi connectivity index (χ4v) is 2.86. The van der Waals surface area contributed by atoms with Crippen LogP contribution in [0, 0.1) is 0 Å². The molecule has 1 aliphatic rings. The lowest BCUT2D eigenvalue weighted by Crippen LogP contribution is -2.42. The average Bonchev–Trinajstić information content (AvgIpc) is 3.19. The number of carbonyl (C=O) groups excluding carboxylic acids is 2.